The first-order valence-corrected chi connectivity index (χ1v) is 12.7. The predicted octanol–water partition coefficient (Wildman–Crippen LogP) is 3.62. The summed E-state index contributed by atoms with van der Waals surface area (Å²) in [6.07, 6.45) is 0.354. The lowest BCUT2D eigenvalue weighted by Gasteiger charge is -2.43. The summed E-state index contributed by atoms with van der Waals surface area (Å²) in [6, 6.07) is 21.1. The van der Waals surface area contributed by atoms with Gasteiger partial charge in [0.25, 0.3) is 8.32 Å². The van der Waals surface area contributed by atoms with Crippen LogP contribution in [0.15, 0.2) is 60.7 Å². The molecule has 0 N–H and O–H groups in total. The molecular formula is C25H37NO4Si. The monoisotopic (exact) mass is 443 g/mol. The molecule has 0 aromatic heterocycles. The number of ether oxygens (including phenoxy) is 1. The molecule has 2 aromatic carbocycles. The minimum absolute atomic E-state index is 0.0741. The van der Waals surface area contributed by atoms with Crippen LogP contribution in [0.1, 0.15) is 34.1 Å². The average molecular weight is 444 g/mol. The van der Waals surface area contributed by atoms with Crippen LogP contribution in [-0.4, -0.2) is 53.3 Å². The highest BCUT2D eigenvalue weighted by molar-refractivity contribution is 6.99. The fraction of sp³-hybridized carbons (Fsp3) is 0.480. The van der Waals surface area contributed by atoms with Crippen LogP contribution in [0.3, 0.4) is 0 Å². The molecule has 0 fully saturated rings. The minimum atomic E-state index is -2.64. The Balaban J connectivity index is 2.37. The molecule has 6 heteroatoms. The van der Waals surface area contributed by atoms with Crippen LogP contribution < -0.4 is 10.4 Å². The van der Waals surface area contributed by atoms with Crippen LogP contribution in [-0.2, 0) is 18.8 Å². The van der Waals surface area contributed by atoms with Gasteiger partial charge in [-0.05, 0) is 21.8 Å². The maximum absolute atomic E-state index is 12.4. The van der Waals surface area contributed by atoms with Gasteiger partial charge in [0.1, 0.15) is 0 Å². The second-order valence-corrected chi connectivity index (χ2v) is 13.3. The highest BCUT2D eigenvalue weighted by Gasteiger charge is 2.50. The van der Waals surface area contributed by atoms with E-state index in [-0.39, 0.29) is 23.0 Å². The van der Waals surface area contributed by atoms with E-state index in [4.69, 9.17) is 14.0 Å². The SMILES string of the molecule is CO[C@@H](CO[Si](c1ccccc1)(c1ccccc1)C(C)(C)C)C[C@H](C)C(=O)N(C)OC. The van der Waals surface area contributed by atoms with Crippen LogP contribution in [0, 0.1) is 5.92 Å². The van der Waals surface area contributed by atoms with Crippen molar-refractivity contribution in [3.8, 4) is 0 Å². The molecular weight excluding hydrogens is 406 g/mol. The van der Waals surface area contributed by atoms with E-state index >= 15 is 0 Å². The van der Waals surface area contributed by atoms with Gasteiger partial charge in [0.2, 0.25) is 5.91 Å². The van der Waals surface area contributed by atoms with Gasteiger partial charge >= 0.3 is 0 Å². The molecule has 5 nitrogen and oxygen atoms in total. The summed E-state index contributed by atoms with van der Waals surface area (Å²) in [5.74, 6) is -0.312. The highest BCUT2D eigenvalue weighted by atomic mass is 28.4. The first-order valence-electron chi connectivity index (χ1n) is 10.8. The molecule has 0 bridgehead atoms. The van der Waals surface area contributed by atoms with Crippen LogP contribution in [0.4, 0.5) is 0 Å². The molecule has 0 aliphatic carbocycles. The van der Waals surface area contributed by atoms with Crippen molar-refractivity contribution < 1.29 is 18.8 Å². The number of carbonyl (C=O) groups excluding carboxylic acids is 1. The van der Waals surface area contributed by atoms with Crippen molar-refractivity contribution in [3.05, 3.63) is 60.7 Å². The Labute approximate surface area is 188 Å². The third kappa shape index (κ3) is 5.83. The van der Waals surface area contributed by atoms with E-state index in [0.717, 1.165) is 0 Å². The summed E-state index contributed by atoms with van der Waals surface area (Å²) in [6.45, 7) is 9.06. The third-order valence-corrected chi connectivity index (χ3v) is 10.9. The molecule has 31 heavy (non-hydrogen) atoms. The zero-order chi connectivity index (χ0) is 23.1. The maximum atomic E-state index is 12.4. The van der Waals surface area contributed by atoms with Gasteiger partial charge in [0.15, 0.2) is 0 Å². The van der Waals surface area contributed by atoms with E-state index in [1.54, 1.807) is 14.2 Å². The van der Waals surface area contributed by atoms with Crippen LogP contribution in [0.25, 0.3) is 0 Å². The third-order valence-electron chi connectivity index (χ3n) is 5.86. The van der Waals surface area contributed by atoms with Gasteiger partial charge in [-0.1, -0.05) is 88.4 Å². The van der Waals surface area contributed by atoms with E-state index < -0.39 is 8.32 Å². The van der Waals surface area contributed by atoms with Crippen molar-refractivity contribution in [2.45, 2.75) is 45.3 Å². The molecule has 0 aliphatic rings. The molecule has 0 heterocycles. The molecule has 2 aromatic rings. The van der Waals surface area contributed by atoms with Crippen molar-refractivity contribution in [2.75, 3.05) is 27.9 Å². The predicted molar refractivity (Wildman–Crippen MR) is 128 cm³/mol. The van der Waals surface area contributed by atoms with E-state index in [1.807, 2.05) is 19.1 Å². The summed E-state index contributed by atoms with van der Waals surface area (Å²) in [5.41, 5.74) is 0. The zero-order valence-electron chi connectivity index (χ0n) is 19.9. The number of hydroxylamine groups is 2. The first kappa shape index (κ1) is 25.3. The maximum Gasteiger partial charge on any atom is 0.261 e. The molecule has 0 aliphatic heterocycles. The van der Waals surface area contributed by atoms with Crippen molar-refractivity contribution in [2.24, 2.45) is 5.92 Å². The Hall–Kier alpha value is -1.99. The zero-order valence-corrected chi connectivity index (χ0v) is 20.9. The van der Waals surface area contributed by atoms with Crippen molar-refractivity contribution in [1.29, 1.82) is 0 Å². The fourth-order valence-corrected chi connectivity index (χ4v) is 8.70. The smallest absolute Gasteiger partial charge is 0.261 e. The number of nitrogens with zero attached hydrogens (tertiary/aromatic N) is 1. The Kier molecular flexibility index (Phi) is 9.00. The largest absolute Gasteiger partial charge is 0.405 e. The highest BCUT2D eigenvalue weighted by Crippen LogP contribution is 2.37. The van der Waals surface area contributed by atoms with E-state index in [2.05, 4.69) is 69.3 Å². The number of benzene rings is 2. The minimum Gasteiger partial charge on any atom is -0.405 e. The number of hydrogen-bond donors (Lipinski definition) is 0. The number of methoxy groups -OCH3 is 1. The Morgan fingerprint density at radius 3 is 1.84 bits per heavy atom. The summed E-state index contributed by atoms with van der Waals surface area (Å²) >= 11 is 0. The normalized spacial score (nSPS) is 14.2. The molecule has 2 rings (SSSR count). The lowest BCUT2D eigenvalue weighted by molar-refractivity contribution is -0.174. The van der Waals surface area contributed by atoms with Crippen LogP contribution >= 0.6 is 0 Å². The van der Waals surface area contributed by atoms with E-state index in [0.29, 0.717) is 13.0 Å². The van der Waals surface area contributed by atoms with Gasteiger partial charge in [-0.25, -0.2) is 5.06 Å². The standard InChI is InChI=1S/C25H37NO4Si/c1-20(24(27)26(5)29-7)18-21(28-6)19-30-31(25(2,3)4,22-14-10-8-11-15-22)23-16-12-9-13-17-23/h8-17,20-21H,18-19H2,1-7H3/t20-,21+/m0/s1. The topological polar surface area (TPSA) is 48.0 Å². The van der Waals surface area contributed by atoms with Gasteiger partial charge in [0.05, 0.1) is 19.8 Å². The lowest BCUT2D eigenvalue weighted by atomic mass is 10.0. The number of rotatable bonds is 10. The quantitative estimate of drug-likeness (QED) is 0.416. The van der Waals surface area contributed by atoms with Gasteiger partial charge in [-0.15, -0.1) is 0 Å². The molecule has 2 atom stereocenters. The van der Waals surface area contributed by atoms with Crippen molar-refractivity contribution in [1.82, 2.24) is 5.06 Å². The van der Waals surface area contributed by atoms with Crippen molar-refractivity contribution in [3.63, 3.8) is 0 Å². The summed E-state index contributed by atoms with van der Waals surface area (Å²) < 4.78 is 12.7. The molecule has 0 saturated heterocycles. The number of carbonyl (C=O) groups is 1. The summed E-state index contributed by atoms with van der Waals surface area (Å²) in [5, 5.41) is 3.62. The van der Waals surface area contributed by atoms with Gasteiger partial charge in [0, 0.05) is 20.1 Å². The number of amides is 1. The van der Waals surface area contributed by atoms with Gasteiger partial charge in [-0.3, -0.25) is 9.63 Å². The molecule has 0 unspecified atom stereocenters. The summed E-state index contributed by atoms with van der Waals surface area (Å²) in [4.78, 5) is 17.5. The van der Waals surface area contributed by atoms with Crippen LogP contribution in [0.5, 0.6) is 0 Å². The second kappa shape index (κ2) is 11.0. The second-order valence-electron chi connectivity index (χ2n) is 8.99. The lowest BCUT2D eigenvalue weighted by Crippen LogP contribution is -2.67. The molecule has 0 radical (unpaired) electrons. The summed E-state index contributed by atoms with van der Waals surface area (Å²) in [7, 11) is 2.16. The van der Waals surface area contributed by atoms with E-state index in [1.165, 1.54) is 22.5 Å². The van der Waals surface area contributed by atoms with Crippen molar-refractivity contribution >= 4 is 24.6 Å². The molecule has 170 valence electrons. The molecule has 1 amide bonds. The molecule has 0 saturated carbocycles. The number of hydrogen-bond acceptors (Lipinski definition) is 4. The fourth-order valence-electron chi connectivity index (χ4n) is 4.11. The Morgan fingerprint density at radius 1 is 0.968 bits per heavy atom. The molecule has 0 spiro atoms. The first-order chi connectivity index (χ1) is 14.7. The Morgan fingerprint density at radius 2 is 1.45 bits per heavy atom. The van der Waals surface area contributed by atoms with Crippen LogP contribution in [0.2, 0.25) is 5.04 Å². The van der Waals surface area contributed by atoms with Gasteiger partial charge < -0.3 is 9.16 Å². The average Bonchev–Trinajstić information content (AvgIpc) is 2.77. The Bertz CT molecular complexity index is 768. The van der Waals surface area contributed by atoms with E-state index in [9.17, 15) is 4.79 Å². The van der Waals surface area contributed by atoms with Gasteiger partial charge in [-0.2, -0.15) is 0 Å².